The van der Waals surface area contributed by atoms with E-state index in [0.717, 1.165) is 18.4 Å². The number of benzene rings is 3. The lowest BCUT2D eigenvalue weighted by molar-refractivity contribution is -0.162. The highest BCUT2D eigenvalue weighted by Gasteiger charge is 2.57. The van der Waals surface area contributed by atoms with Crippen LogP contribution in [0.3, 0.4) is 0 Å². The quantitative estimate of drug-likeness (QED) is 0.441. The van der Waals surface area contributed by atoms with Gasteiger partial charge in [0.15, 0.2) is 0 Å². The van der Waals surface area contributed by atoms with Crippen molar-refractivity contribution in [1.29, 1.82) is 0 Å². The molecule has 1 fully saturated rings. The molecule has 1 unspecified atom stereocenters. The zero-order chi connectivity index (χ0) is 20.8. The molecule has 1 aliphatic rings. The summed E-state index contributed by atoms with van der Waals surface area (Å²) in [6, 6.07) is 31.0. The maximum Gasteiger partial charge on any atom is 0.331 e. The highest BCUT2D eigenvalue weighted by atomic mass is 16.5. The Morgan fingerprint density at radius 1 is 0.833 bits per heavy atom. The van der Waals surface area contributed by atoms with Gasteiger partial charge in [-0.25, -0.2) is 4.79 Å². The summed E-state index contributed by atoms with van der Waals surface area (Å²) >= 11 is 0. The van der Waals surface area contributed by atoms with Crippen LogP contribution < -0.4 is 0 Å². The zero-order valence-corrected chi connectivity index (χ0v) is 17.5. The number of carbonyl (C=O) groups is 1. The molecule has 0 amide bonds. The van der Waals surface area contributed by atoms with E-state index in [0.29, 0.717) is 19.7 Å². The number of nitrogens with zero attached hydrogens (tertiary/aromatic N) is 1. The Kier molecular flexibility index (Phi) is 6.29. The van der Waals surface area contributed by atoms with Crippen LogP contribution >= 0.6 is 0 Å². The topological polar surface area (TPSA) is 29.5 Å². The van der Waals surface area contributed by atoms with Crippen molar-refractivity contribution in [3.63, 3.8) is 0 Å². The van der Waals surface area contributed by atoms with Crippen LogP contribution in [0, 0.1) is 5.92 Å². The summed E-state index contributed by atoms with van der Waals surface area (Å²) in [5.74, 6) is 0.122. The standard InChI is InChI=1S/C27H29NO2/c1-2-30-26(29)27(25-18-19-25,24-16-10-5-11-17-24)28(20-22-12-6-3-7-13-22)21-23-14-8-4-9-15-23/h3-17,25H,2,18-21H2,1H3. The van der Waals surface area contributed by atoms with E-state index in [1.807, 2.05) is 37.3 Å². The predicted molar refractivity (Wildman–Crippen MR) is 120 cm³/mol. The fourth-order valence-corrected chi connectivity index (χ4v) is 4.44. The number of esters is 1. The second-order valence-electron chi connectivity index (χ2n) is 7.95. The largest absolute Gasteiger partial charge is 0.464 e. The second kappa shape index (κ2) is 9.27. The van der Waals surface area contributed by atoms with Crippen LogP contribution in [0.4, 0.5) is 0 Å². The molecule has 4 rings (SSSR count). The zero-order valence-electron chi connectivity index (χ0n) is 17.5. The first-order valence-corrected chi connectivity index (χ1v) is 10.8. The Morgan fingerprint density at radius 2 is 1.30 bits per heavy atom. The van der Waals surface area contributed by atoms with E-state index < -0.39 is 5.54 Å². The molecule has 3 aromatic carbocycles. The van der Waals surface area contributed by atoms with E-state index in [4.69, 9.17) is 4.74 Å². The maximum atomic E-state index is 13.7. The minimum Gasteiger partial charge on any atom is -0.464 e. The van der Waals surface area contributed by atoms with Gasteiger partial charge in [0.05, 0.1) is 6.61 Å². The van der Waals surface area contributed by atoms with Crippen LogP contribution in [-0.4, -0.2) is 17.5 Å². The Balaban J connectivity index is 1.84. The fraction of sp³-hybridized carbons (Fsp3) is 0.296. The molecule has 1 saturated carbocycles. The molecule has 0 spiro atoms. The minimum atomic E-state index is -0.789. The highest BCUT2D eigenvalue weighted by Crippen LogP contribution is 2.51. The van der Waals surface area contributed by atoms with Crippen LogP contribution in [0.25, 0.3) is 0 Å². The lowest BCUT2D eigenvalue weighted by Crippen LogP contribution is -2.54. The van der Waals surface area contributed by atoms with Crippen molar-refractivity contribution in [2.24, 2.45) is 5.92 Å². The predicted octanol–water partition coefficient (Wildman–Crippen LogP) is 5.56. The van der Waals surface area contributed by atoms with Crippen molar-refractivity contribution < 1.29 is 9.53 Å². The van der Waals surface area contributed by atoms with Crippen molar-refractivity contribution in [3.05, 3.63) is 108 Å². The summed E-state index contributed by atoms with van der Waals surface area (Å²) in [6.45, 7) is 3.63. The van der Waals surface area contributed by atoms with Gasteiger partial charge in [0, 0.05) is 13.1 Å². The average molecular weight is 400 g/mol. The van der Waals surface area contributed by atoms with Gasteiger partial charge < -0.3 is 4.74 Å². The molecule has 0 aromatic heterocycles. The summed E-state index contributed by atoms with van der Waals surface area (Å²) in [5, 5.41) is 0. The van der Waals surface area contributed by atoms with Crippen molar-refractivity contribution >= 4 is 5.97 Å². The molecule has 0 heterocycles. The van der Waals surface area contributed by atoms with Gasteiger partial charge in [-0.2, -0.15) is 0 Å². The van der Waals surface area contributed by atoms with Crippen molar-refractivity contribution in [2.75, 3.05) is 6.61 Å². The van der Waals surface area contributed by atoms with E-state index in [2.05, 4.69) is 65.6 Å². The van der Waals surface area contributed by atoms with E-state index in [1.165, 1.54) is 11.1 Å². The van der Waals surface area contributed by atoms with Crippen LogP contribution in [0.15, 0.2) is 91.0 Å². The number of rotatable bonds is 9. The molecule has 154 valence electrons. The summed E-state index contributed by atoms with van der Waals surface area (Å²) < 4.78 is 5.74. The first-order valence-electron chi connectivity index (χ1n) is 10.8. The molecule has 3 aromatic rings. The molecular weight excluding hydrogens is 370 g/mol. The molecule has 0 N–H and O–H groups in total. The number of hydrogen-bond donors (Lipinski definition) is 0. The van der Waals surface area contributed by atoms with Crippen LogP contribution in [0.5, 0.6) is 0 Å². The van der Waals surface area contributed by atoms with Gasteiger partial charge in [0.2, 0.25) is 0 Å². The van der Waals surface area contributed by atoms with Crippen molar-refractivity contribution in [3.8, 4) is 0 Å². The van der Waals surface area contributed by atoms with E-state index >= 15 is 0 Å². The molecule has 3 heteroatoms. The van der Waals surface area contributed by atoms with E-state index in [-0.39, 0.29) is 11.9 Å². The first-order chi connectivity index (χ1) is 14.7. The molecule has 0 aliphatic heterocycles. The molecule has 0 saturated heterocycles. The monoisotopic (exact) mass is 399 g/mol. The Labute approximate surface area is 179 Å². The van der Waals surface area contributed by atoms with Gasteiger partial charge in [-0.15, -0.1) is 0 Å². The van der Waals surface area contributed by atoms with Gasteiger partial charge in [-0.3, -0.25) is 4.90 Å². The lowest BCUT2D eigenvalue weighted by atomic mass is 9.82. The third-order valence-electron chi connectivity index (χ3n) is 5.90. The first kappa shape index (κ1) is 20.4. The van der Waals surface area contributed by atoms with E-state index in [1.54, 1.807) is 0 Å². The molecule has 1 atom stereocenters. The molecule has 0 bridgehead atoms. The number of carbonyl (C=O) groups excluding carboxylic acids is 1. The van der Waals surface area contributed by atoms with Gasteiger partial charge in [0.1, 0.15) is 5.54 Å². The van der Waals surface area contributed by atoms with Gasteiger partial charge in [0.25, 0.3) is 0 Å². The van der Waals surface area contributed by atoms with E-state index in [9.17, 15) is 4.79 Å². The summed E-state index contributed by atoms with van der Waals surface area (Å²) in [6.07, 6.45) is 2.07. The minimum absolute atomic E-state index is 0.134. The van der Waals surface area contributed by atoms with Gasteiger partial charge in [-0.1, -0.05) is 91.0 Å². The summed E-state index contributed by atoms with van der Waals surface area (Å²) in [4.78, 5) is 16.0. The molecule has 30 heavy (non-hydrogen) atoms. The molecular formula is C27H29NO2. The van der Waals surface area contributed by atoms with Crippen LogP contribution in [-0.2, 0) is 28.2 Å². The van der Waals surface area contributed by atoms with Crippen LogP contribution in [0.2, 0.25) is 0 Å². The van der Waals surface area contributed by atoms with Gasteiger partial charge >= 0.3 is 5.97 Å². The molecule has 3 nitrogen and oxygen atoms in total. The third kappa shape index (κ3) is 4.17. The molecule has 1 aliphatic carbocycles. The Hall–Kier alpha value is -2.91. The average Bonchev–Trinajstić information content (AvgIpc) is 3.62. The normalized spacial score (nSPS) is 15.5. The van der Waals surface area contributed by atoms with Crippen molar-refractivity contribution in [2.45, 2.75) is 38.4 Å². The lowest BCUT2D eigenvalue weighted by Gasteiger charge is -2.43. The summed E-state index contributed by atoms with van der Waals surface area (Å²) in [7, 11) is 0. The number of ether oxygens (including phenoxy) is 1. The fourth-order valence-electron chi connectivity index (χ4n) is 4.44. The van der Waals surface area contributed by atoms with Gasteiger partial charge in [-0.05, 0) is 42.4 Å². The smallest absolute Gasteiger partial charge is 0.331 e. The third-order valence-corrected chi connectivity index (χ3v) is 5.90. The Morgan fingerprint density at radius 3 is 1.73 bits per heavy atom. The Bertz CT molecular complexity index is 897. The van der Waals surface area contributed by atoms with Crippen molar-refractivity contribution in [1.82, 2.24) is 4.90 Å². The SMILES string of the molecule is CCOC(=O)C(c1ccccc1)(C1CC1)N(Cc1ccccc1)Cc1ccccc1. The summed E-state index contributed by atoms with van der Waals surface area (Å²) in [5.41, 5.74) is 2.62. The molecule has 0 radical (unpaired) electrons. The van der Waals surface area contributed by atoms with Crippen LogP contribution in [0.1, 0.15) is 36.5 Å². The number of hydrogen-bond acceptors (Lipinski definition) is 3. The maximum absolute atomic E-state index is 13.7. The highest BCUT2D eigenvalue weighted by molar-refractivity contribution is 5.83. The second-order valence-corrected chi connectivity index (χ2v) is 7.95.